The van der Waals surface area contributed by atoms with Crippen LogP contribution in [0.5, 0.6) is 0 Å². The van der Waals surface area contributed by atoms with E-state index in [0.29, 0.717) is 19.0 Å². The van der Waals surface area contributed by atoms with Crippen molar-refractivity contribution in [3.63, 3.8) is 0 Å². The molecule has 1 unspecified atom stereocenters. The summed E-state index contributed by atoms with van der Waals surface area (Å²) in [6.45, 7) is 10.5. The summed E-state index contributed by atoms with van der Waals surface area (Å²) >= 11 is 0. The Labute approximate surface area is 171 Å². The second-order valence-electron chi connectivity index (χ2n) is 9.43. The van der Waals surface area contributed by atoms with Crippen LogP contribution in [0.4, 0.5) is 0 Å². The van der Waals surface area contributed by atoms with Crippen molar-refractivity contribution in [2.75, 3.05) is 19.4 Å². The number of piperidine rings is 1. The summed E-state index contributed by atoms with van der Waals surface area (Å²) in [4.78, 5) is 28.0. The average molecular weight is 420 g/mol. The van der Waals surface area contributed by atoms with Gasteiger partial charge in [-0.25, -0.2) is 0 Å². The van der Waals surface area contributed by atoms with Gasteiger partial charge in [-0.3, -0.25) is 9.36 Å². The quantitative estimate of drug-likeness (QED) is 0.268. The van der Waals surface area contributed by atoms with Crippen LogP contribution in [-0.4, -0.2) is 52.5 Å². The molecule has 1 atom stereocenters. The fraction of sp³-hybridized carbons (Fsp3) is 0.952. The molecule has 1 N–H and O–H groups in total. The van der Waals surface area contributed by atoms with Crippen LogP contribution in [0.15, 0.2) is 0 Å². The third-order valence-electron chi connectivity index (χ3n) is 5.56. The predicted molar refractivity (Wildman–Crippen MR) is 114 cm³/mol. The van der Waals surface area contributed by atoms with E-state index >= 15 is 0 Å². The Balaban J connectivity index is 2.40. The van der Waals surface area contributed by atoms with Gasteiger partial charge in [-0.15, -0.1) is 0 Å². The van der Waals surface area contributed by atoms with Gasteiger partial charge in [0.05, 0.1) is 13.5 Å². The molecule has 0 bridgehead atoms. The number of carbonyl (C=O) groups excluding carboxylic acids is 1. The van der Waals surface area contributed by atoms with E-state index in [1.165, 1.54) is 19.3 Å². The normalized spacial score (nSPS) is 22.0. The molecule has 28 heavy (non-hydrogen) atoms. The number of hydrogen-bond donors (Lipinski definition) is 1. The monoisotopic (exact) mass is 419 g/mol. The van der Waals surface area contributed by atoms with Crippen molar-refractivity contribution in [1.82, 2.24) is 5.06 Å². The van der Waals surface area contributed by atoms with Crippen molar-refractivity contribution in [3.05, 3.63) is 0 Å². The van der Waals surface area contributed by atoms with Crippen LogP contribution in [0.1, 0.15) is 92.4 Å². The number of hydrogen-bond acceptors (Lipinski definition) is 5. The number of carbonyl (C=O) groups is 1. The molecule has 0 aromatic heterocycles. The summed E-state index contributed by atoms with van der Waals surface area (Å²) in [7, 11) is -1.59. The highest BCUT2D eigenvalue weighted by Gasteiger charge is 2.47. The molecule has 7 heteroatoms. The number of esters is 1. The summed E-state index contributed by atoms with van der Waals surface area (Å²) in [5.41, 5.74) is -0.517. The highest BCUT2D eigenvalue weighted by atomic mass is 31.2. The molecule has 1 heterocycles. The van der Waals surface area contributed by atoms with E-state index in [1.807, 2.05) is 5.06 Å². The first-order valence-corrected chi connectivity index (χ1v) is 12.8. The van der Waals surface area contributed by atoms with E-state index in [9.17, 15) is 14.3 Å². The Hall–Kier alpha value is -0.420. The van der Waals surface area contributed by atoms with Crippen LogP contribution in [-0.2, 0) is 18.9 Å². The molecule has 0 aromatic rings. The largest absolute Gasteiger partial charge is 0.462 e. The molecule has 0 aliphatic carbocycles. The van der Waals surface area contributed by atoms with E-state index in [4.69, 9.17) is 9.57 Å². The Morgan fingerprint density at radius 2 is 1.57 bits per heavy atom. The van der Waals surface area contributed by atoms with Crippen LogP contribution >= 0.6 is 7.37 Å². The predicted octanol–water partition coefficient (Wildman–Crippen LogP) is 5.13. The van der Waals surface area contributed by atoms with E-state index in [1.54, 1.807) is 7.11 Å². The van der Waals surface area contributed by atoms with Gasteiger partial charge in [0.25, 0.3) is 0 Å². The Morgan fingerprint density at radius 1 is 1.04 bits per heavy atom. The molecule has 1 rings (SSSR count). The zero-order valence-electron chi connectivity index (χ0n) is 18.8. The molecule has 1 aliphatic heterocycles. The number of rotatable bonds is 12. The van der Waals surface area contributed by atoms with Crippen LogP contribution in [0, 0.1) is 0 Å². The first kappa shape index (κ1) is 25.6. The fourth-order valence-corrected chi connectivity index (χ4v) is 5.98. The first-order chi connectivity index (χ1) is 12.9. The molecular weight excluding hydrogens is 377 g/mol. The van der Waals surface area contributed by atoms with E-state index in [-0.39, 0.29) is 35.7 Å². The zero-order chi connectivity index (χ0) is 21.4. The van der Waals surface area contributed by atoms with Crippen molar-refractivity contribution in [2.24, 2.45) is 0 Å². The highest BCUT2D eigenvalue weighted by Crippen LogP contribution is 2.43. The lowest BCUT2D eigenvalue weighted by atomic mass is 9.80. The molecule has 0 spiro atoms. The van der Waals surface area contributed by atoms with Crippen LogP contribution in [0.2, 0.25) is 0 Å². The van der Waals surface area contributed by atoms with Crippen LogP contribution in [0.25, 0.3) is 0 Å². The van der Waals surface area contributed by atoms with Gasteiger partial charge in [-0.05, 0) is 34.1 Å². The number of hydroxylamine groups is 2. The Morgan fingerprint density at radius 3 is 2.11 bits per heavy atom. The standard InChI is InChI=1S/C21H42NO5P/c1-7-8-9-10-11-12-14-28(24,25)15-13-19(23)27-18-16-20(2,3)22(26-6)21(4,5)17-18/h18H,7-17H2,1-6H3,(H,24,25). The zero-order valence-corrected chi connectivity index (χ0v) is 19.7. The van der Waals surface area contributed by atoms with E-state index in [2.05, 4.69) is 34.6 Å². The molecule has 166 valence electrons. The second-order valence-corrected chi connectivity index (χ2v) is 12.0. The molecular formula is C21H42NO5P. The molecule has 1 aliphatic rings. The van der Waals surface area contributed by atoms with Gasteiger partial charge in [0, 0.05) is 36.2 Å². The molecule has 0 aromatic carbocycles. The van der Waals surface area contributed by atoms with Gasteiger partial charge in [-0.2, -0.15) is 5.06 Å². The van der Waals surface area contributed by atoms with Crippen molar-refractivity contribution in [2.45, 2.75) is 110 Å². The molecule has 1 saturated heterocycles. The molecule has 0 saturated carbocycles. The Kier molecular flexibility index (Phi) is 10.2. The maximum absolute atomic E-state index is 12.3. The summed E-state index contributed by atoms with van der Waals surface area (Å²) in [6.07, 6.45) is 7.92. The molecule has 1 fully saturated rings. The lowest BCUT2D eigenvalue weighted by Gasteiger charge is -2.52. The molecule has 0 amide bonds. The van der Waals surface area contributed by atoms with Crippen molar-refractivity contribution in [1.29, 1.82) is 0 Å². The van der Waals surface area contributed by atoms with Crippen molar-refractivity contribution in [3.8, 4) is 0 Å². The summed E-state index contributed by atoms with van der Waals surface area (Å²) < 4.78 is 18.0. The Bertz CT molecular complexity index is 517. The minimum atomic E-state index is -3.25. The lowest BCUT2D eigenvalue weighted by Crippen LogP contribution is -2.61. The topological polar surface area (TPSA) is 76.1 Å². The van der Waals surface area contributed by atoms with Gasteiger partial charge < -0.3 is 14.5 Å². The SMILES string of the molecule is CCCCCCCCP(=O)(O)CCC(=O)OC1CC(C)(C)N(OC)C(C)(C)C1. The van der Waals surface area contributed by atoms with Gasteiger partial charge >= 0.3 is 5.97 Å². The van der Waals surface area contributed by atoms with Crippen molar-refractivity contribution < 1.29 is 23.8 Å². The minimum absolute atomic E-state index is 0.00889. The average Bonchev–Trinajstić information content (AvgIpc) is 2.54. The van der Waals surface area contributed by atoms with Crippen LogP contribution < -0.4 is 0 Å². The van der Waals surface area contributed by atoms with Gasteiger partial charge in [0.2, 0.25) is 7.37 Å². The van der Waals surface area contributed by atoms with Gasteiger partial charge in [0.1, 0.15) is 6.10 Å². The van der Waals surface area contributed by atoms with Gasteiger partial charge in [-0.1, -0.05) is 39.0 Å². The molecule has 0 radical (unpaired) electrons. The summed E-state index contributed by atoms with van der Waals surface area (Å²) in [5, 5.41) is 1.97. The number of ether oxygens (including phenoxy) is 1. The van der Waals surface area contributed by atoms with Gasteiger partial charge in [0.15, 0.2) is 0 Å². The van der Waals surface area contributed by atoms with Crippen LogP contribution in [0.3, 0.4) is 0 Å². The summed E-state index contributed by atoms with van der Waals surface area (Å²) in [6, 6.07) is 0. The fourth-order valence-electron chi connectivity index (χ4n) is 4.51. The highest BCUT2D eigenvalue weighted by molar-refractivity contribution is 7.58. The van der Waals surface area contributed by atoms with E-state index in [0.717, 1.165) is 19.3 Å². The van der Waals surface area contributed by atoms with Crippen molar-refractivity contribution >= 4 is 13.3 Å². The number of nitrogens with zero attached hydrogens (tertiary/aromatic N) is 1. The maximum Gasteiger partial charge on any atom is 0.306 e. The lowest BCUT2D eigenvalue weighted by molar-refractivity contribution is -0.278. The van der Waals surface area contributed by atoms with E-state index < -0.39 is 7.37 Å². The molecule has 6 nitrogen and oxygen atoms in total. The third kappa shape index (κ3) is 8.52. The smallest absolute Gasteiger partial charge is 0.306 e. The second kappa shape index (κ2) is 11.1. The summed E-state index contributed by atoms with van der Waals surface area (Å²) in [5.74, 6) is -0.375. The third-order valence-corrected chi connectivity index (χ3v) is 7.50. The number of unbranched alkanes of at least 4 members (excludes halogenated alkanes) is 5. The maximum atomic E-state index is 12.3. The first-order valence-electron chi connectivity index (χ1n) is 10.8. The minimum Gasteiger partial charge on any atom is -0.462 e.